The second kappa shape index (κ2) is 9.51. The fourth-order valence-electron chi connectivity index (χ4n) is 3.62. The van der Waals surface area contributed by atoms with E-state index < -0.39 is 0 Å². The van der Waals surface area contributed by atoms with Gasteiger partial charge >= 0.3 is 0 Å². The van der Waals surface area contributed by atoms with E-state index in [0.29, 0.717) is 5.56 Å². The smallest absolute Gasteiger partial charge is 0.271 e. The van der Waals surface area contributed by atoms with Crippen molar-refractivity contribution >= 4 is 11.6 Å². The summed E-state index contributed by atoms with van der Waals surface area (Å²) in [6, 6.07) is 13.7. The number of quaternary nitrogens is 1. The molecule has 2 aromatic carbocycles. The van der Waals surface area contributed by atoms with Gasteiger partial charge in [0, 0.05) is 24.0 Å². The molecule has 1 aliphatic rings. The number of amides is 1. The summed E-state index contributed by atoms with van der Waals surface area (Å²) in [5, 5.41) is 4.31. The summed E-state index contributed by atoms with van der Waals surface area (Å²) in [6.07, 6.45) is 3.55. The van der Waals surface area contributed by atoms with Gasteiger partial charge in [-0.3, -0.25) is 4.79 Å². The molecule has 28 heavy (non-hydrogen) atoms. The number of rotatable bonds is 7. The summed E-state index contributed by atoms with van der Waals surface area (Å²) < 4.78 is 5.54. The summed E-state index contributed by atoms with van der Waals surface area (Å²) >= 11 is 0. The topological polar surface area (TPSA) is 55.1 Å². The zero-order valence-corrected chi connectivity index (χ0v) is 17.0. The third kappa shape index (κ3) is 4.98. The maximum absolute atomic E-state index is 12.3. The van der Waals surface area contributed by atoms with Crippen molar-refractivity contribution in [2.24, 2.45) is 5.10 Å². The molecule has 1 amide bonds. The molecule has 2 N–H and O–H groups in total. The van der Waals surface area contributed by atoms with E-state index in [0.717, 1.165) is 30.0 Å². The molecule has 1 fully saturated rings. The van der Waals surface area contributed by atoms with Crippen molar-refractivity contribution in [2.75, 3.05) is 20.2 Å². The maximum atomic E-state index is 12.3. The lowest BCUT2D eigenvalue weighted by molar-refractivity contribution is -0.901. The van der Waals surface area contributed by atoms with E-state index in [9.17, 15) is 4.79 Å². The zero-order valence-electron chi connectivity index (χ0n) is 17.0. The van der Waals surface area contributed by atoms with Crippen LogP contribution in [0.25, 0.3) is 0 Å². The van der Waals surface area contributed by atoms with Crippen LogP contribution >= 0.6 is 0 Å². The van der Waals surface area contributed by atoms with Crippen LogP contribution in [0.3, 0.4) is 0 Å². The highest BCUT2D eigenvalue weighted by molar-refractivity contribution is 6.01. The first-order chi connectivity index (χ1) is 13.6. The van der Waals surface area contributed by atoms with Crippen LogP contribution in [0.15, 0.2) is 47.6 Å². The van der Waals surface area contributed by atoms with Crippen LogP contribution < -0.4 is 15.1 Å². The SMILES string of the molecule is CCc1ccc(C(=O)N/N=C(/C)c2ccc(OC)c(C[NH+]3CCCC3)c2)cc1. The Morgan fingerprint density at radius 3 is 2.43 bits per heavy atom. The molecular weight excluding hydrogens is 350 g/mol. The molecule has 5 nitrogen and oxygen atoms in total. The van der Waals surface area contributed by atoms with Crippen LogP contribution in [-0.2, 0) is 13.0 Å². The fraction of sp³-hybridized carbons (Fsp3) is 0.391. The van der Waals surface area contributed by atoms with E-state index >= 15 is 0 Å². The van der Waals surface area contributed by atoms with Gasteiger partial charge < -0.3 is 9.64 Å². The first-order valence-electron chi connectivity index (χ1n) is 10.0. The molecule has 1 heterocycles. The number of nitrogens with one attached hydrogen (secondary N) is 2. The van der Waals surface area contributed by atoms with Gasteiger partial charge in [0.15, 0.2) is 0 Å². The van der Waals surface area contributed by atoms with Crippen molar-refractivity contribution in [3.05, 3.63) is 64.7 Å². The maximum Gasteiger partial charge on any atom is 0.271 e. The quantitative estimate of drug-likeness (QED) is 0.573. The first-order valence-corrected chi connectivity index (χ1v) is 10.0. The van der Waals surface area contributed by atoms with Crippen LogP contribution in [0.4, 0.5) is 0 Å². The Balaban J connectivity index is 1.71. The Kier molecular flexibility index (Phi) is 6.82. The van der Waals surface area contributed by atoms with Gasteiger partial charge in [-0.15, -0.1) is 0 Å². The van der Waals surface area contributed by atoms with Crippen molar-refractivity contribution in [3.63, 3.8) is 0 Å². The Hall–Kier alpha value is -2.66. The highest BCUT2D eigenvalue weighted by Gasteiger charge is 2.18. The predicted molar refractivity (Wildman–Crippen MR) is 112 cm³/mol. The van der Waals surface area contributed by atoms with Gasteiger partial charge in [0.25, 0.3) is 5.91 Å². The molecule has 1 aliphatic heterocycles. The Labute approximate surface area is 167 Å². The van der Waals surface area contributed by atoms with Crippen molar-refractivity contribution in [2.45, 2.75) is 39.7 Å². The van der Waals surface area contributed by atoms with Gasteiger partial charge in [0.2, 0.25) is 0 Å². The normalized spacial score (nSPS) is 14.9. The van der Waals surface area contributed by atoms with E-state index in [1.165, 1.54) is 37.1 Å². The lowest BCUT2D eigenvalue weighted by Gasteiger charge is -2.15. The molecule has 0 aliphatic carbocycles. The molecule has 3 rings (SSSR count). The van der Waals surface area contributed by atoms with E-state index in [1.54, 1.807) is 12.0 Å². The molecule has 0 aromatic heterocycles. The number of carbonyl (C=O) groups is 1. The van der Waals surface area contributed by atoms with Crippen molar-refractivity contribution in [1.82, 2.24) is 5.43 Å². The monoisotopic (exact) mass is 380 g/mol. The summed E-state index contributed by atoms with van der Waals surface area (Å²) in [5.41, 5.74) is 7.45. The van der Waals surface area contributed by atoms with Crippen molar-refractivity contribution in [1.29, 1.82) is 0 Å². The van der Waals surface area contributed by atoms with Gasteiger partial charge in [0.05, 0.1) is 25.9 Å². The van der Waals surface area contributed by atoms with Gasteiger partial charge in [-0.05, 0) is 54.8 Å². The largest absolute Gasteiger partial charge is 0.496 e. The number of benzene rings is 2. The highest BCUT2D eigenvalue weighted by Crippen LogP contribution is 2.20. The number of methoxy groups -OCH3 is 1. The second-order valence-corrected chi connectivity index (χ2v) is 7.35. The standard InChI is InChI=1S/C23H29N3O2/c1-4-18-7-9-19(10-8-18)23(27)25-24-17(2)20-11-12-22(28-3)21(15-20)16-26-13-5-6-14-26/h7-12,15H,4-6,13-14,16H2,1-3H3,(H,25,27)/p+1/b24-17-. The summed E-state index contributed by atoms with van der Waals surface area (Å²) in [5.74, 6) is 0.716. The first kappa shape index (κ1) is 20.1. The molecule has 0 spiro atoms. The van der Waals surface area contributed by atoms with Crippen molar-refractivity contribution in [3.8, 4) is 5.75 Å². The predicted octanol–water partition coefficient (Wildman–Crippen LogP) is 2.59. The zero-order chi connectivity index (χ0) is 19.9. The van der Waals surface area contributed by atoms with Gasteiger partial charge in [0.1, 0.15) is 12.3 Å². The lowest BCUT2D eigenvalue weighted by Crippen LogP contribution is -3.08. The average molecular weight is 381 g/mol. The molecule has 0 radical (unpaired) electrons. The Bertz CT molecular complexity index is 837. The van der Waals surface area contributed by atoms with Gasteiger partial charge in [-0.25, -0.2) is 5.43 Å². The third-order valence-electron chi connectivity index (χ3n) is 5.40. The Morgan fingerprint density at radius 1 is 1.11 bits per heavy atom. The van der Waals surface area contributed by atoms with Crippen molar-refractivity contribution < 1.29 is 14.4 Å². The molecule has 0 bridgehead atoms. The molecule has 0 saturated carbocycles. The molecular formula is C23H30N3O2+. The summed E-state index contributed by atoms with van der Waals surface area (Å²) in [4.78, 5) is 13.9. The minimum absolute atomic E-state index is 0.197. The minimum Gasteiger partial charge on any atom is -0.496 e. The number of nitrogens with zero attached hydrogens (tertiary/aromatic N) is 1. The van der Waals surface area contributed by atoms with Crippen LogP contribution in [0.1, 0.15) is 53.7 Å². The summed E-state index contributed by atoms with van der Waals surface area (Å²) in [7, 11) is 1.71. The van der Waals surface area contributed by atoms with Gasteiger partial charge in [-0.2, -0.15) is 5.10 Å². The lowest BCUT2D eigenvalue weighted by atomic mass is 10.1. The molecule has 5 heteroatoms. The molecule has 2 aromatic rings. The minimum atomic E-state index is -0.197. The molecule has 1 saturated heterocycles. The van der Waals surface area contributed by atoms with Crippen LogP contribution in [-0.4, -0.2) is 31.8 Å². The number of carbonyl (C=O) groups excluding carboxylic acids is 1. The van der Waals surface area contributed by atoms with E-state index in [2.05, 4.69) is 23.5 Å². The molecule has 148 valence electrons. The summed E-state index contributed by atoms with van der Waals surface area (Å²) in [6.45, 7) is 7.40. The van der Waals surface area contributed by atoms with Crippen LogP contribution in [0, 0.1) is 0 Å². The van der Waals surface area contributed by atoms with E-state index in [-0.39, 0.29) is 5.91 Å². The number of hydrogen-bond acceptors (Lipinski definition) is 3. The van der Waals surface area contributed by atoms with Crippen LogP contribution in [0.5, 0.6) is 5.75 Å². The average Bonchev–Trinajstić information content (AvgIpc) is 3.24. The van der Waals surface area contributed by atoms with Gasteiger partial charge in [-0.1, -0.05) is 19.1 Å². The Morgan fingerprint density at radius 2 is 1.79 bits per heavy atom. The number of ether oxygens (including phenoxy) is 1. The number of hydrogen-bond donors (Lipinski definition) is 2. The van der Waals surface area contributed by atoms with Crippen LogP contribution in [0.2, 0.25) is 0 Å². The second-order valence-electron chi connectivity index (χ2n) is 7.35. The molecule has 0 unspecified atom stereocenters. The number of likely N-dealkylation sites (tertiary alicyclic amines) is 1. The molecule has 0 atom stereocenters. The number of hydrazone groups is 1. The highest BCUT2D eigenvalue weighted by atomic mass is 16.5. The van der Waals surface area contributed by atoms with E-state index in [4.69, 9.17) is 4.74 Å². The number of aryl methyl sites for hydroxylation is 1. The fourth-order valence-corrected chi connectivity index (χ4v) is 3.62. The van der Waals surface area contributed by atoms with E-state index in [1.807, 2.05) is 43.3 Å². The third-order valence-corrected chi connectivity index (χ3v) is 5.40.